The maximum Gasteiger partial charge on any atom is 0.134 e. The van der Waals surface area contributed by atoms with Gasteiger partial charge in [-0.15, -0.1) is 0 Å². The highest BCUT2D eigenvalue weighted by atomic mass is 16.3. The van der Waals surface area contributed by atoms with E-state index in [-0.39, 0.29) is 5.92 Å². The molecule has 0 fully saturated rings. The van der Waals surface area contributed by atoms with Crippen LogP contribution in [-0.4, -0.2) is 0 Å². The van der Waals surface area contributed by atoms with Crippen molar-refractivity contribution in [2.24, 2.45) is 0 Å². The molecule has 0 bridgehead atoms. The van der Waals surface area contributed by atoms with Crippen LogP contribution in [0.4, 0.5) is 0 Å². The summed E-state index contributed by atoms with van der Waals surface area (Å²) < 4.78 is 6.13. The zero-order valence-corrected chi connectivity index (χ0v) is 13.0. The average molecular weight is 309 g/mol. The monoisotopic (exact) mass is 309 g/mol. The average Bonchev–Trinajstić information content (AvgIpc) is 3.07. The Kier molecular flexibility index (Phi) is 3.61. The van der Waals surface area contributed by atoms with Gasteiger partial charge in [-0.3, -0.25) is 0 Å². The number of hydrogen-bond donors (Lipinski definition) is 0. The topological polar surface area (TPSA) is 36.9 Å². The Balaban J connectivity index is 1.88. The van der Waals surface area contributed by atoms with Crippen LogP contribution in [0.2, 0.25) is 0 Å². The molecular formula is C22H15NO. The van der Waals surface area contributed by atoms with Gasteiger partial charge in [-0.2, -0.15) is 5.26 Å². The first-order chi connectivity index (χ1) is 11.8. The number of para-hydroxylation sites is 1. The van der Waals surface area contributed by atoms with Crippen molar-refractivity contribution in [2.45, 2.75) is 5.92 Å². The van der Waals surface area contributed by atoms with Crippen molar-refractivity contribution >= 4 is 11.0 Å². The second-order valence-corrected chi connectivity index (χ2v) is 5.76. The van der Waals surface area contributed by atoms with Crippen LogP contribution in [0.5, 0.6) is 0 Å². The molecule has 2 heteroatoms. The molecule has 3 aromatic carbocycles. The number of rotatable bonds is 3. The third-order valence-corrected chi connectivity index (χ3v) is 4.24. The lowest BCUT2D eigenvalue weighted by Crippen LogP contribution is -2.02. The van der Waals surface area contributed by atoms with Crippen LogP contribution in [0.15, 0.2) is 89.3 Å². The minimum absolute atomic E-state index is 0.00587. The molecule has 0 spiro atoms. The Morgan fingerprint density at radius 2 is 1.42 bits per heavy atom. The van der Waals surface area contributed by atoms with E-state index in [1.807, 2.05) is 60.7 Å². The zero-order chi connectivity index (χ0) is 16.4. The number of furan rings is 1. The maximum atomic E-state index is 9.03. The smallest absolute Gasteiger partial charge is 0.134 e. The fraction of sp³-hybridized carbons (Fsp3) is 0.0455. The highest BCUT2D eigenvalue weighted by Gasteiger charge is 2.20. The summed E-state index contributed by atoms with van der Waals surface area (Å²) in [5.74, 6) is 0.915. The van der Waals surface area contributed by atoms with Gasteiger partial charge in [0.2, 0.25) is 0 Å². The molecule has 1 atom stereocenters. The van der Waals surface area contributed by atoms with E-state index >= 15 is 0 Å². The Labute approximate surface area is 140 Å². The molecule has 0 amide bonds. The lowest BCUT2D eigenvalue weighted by atomic mass is 9.88. The van der Waals surface area contributed by atoms with E-state index in [9.17, 15) is 0 Å². The fourth-order valence-corrected chi connectivity index (χ4v) is 3.06. The predicted molar refractivity (Wildman–Crippen MR) is 94.8 cm³/mol. The van der Waals surface area contributed by atoms with Crippen molar-refractivity contribution in [3.05, 3.63) is 107 Å². The van der Waals surface area contributed by atoms with Gasteiger partial charge in [0.25, 0.3) is 0 Å². The van der Waals surface area contributed by atoms with Gasteiger partial charge in [-0.05, 0) is 35.4 Å². The lowest BCUT2D eigenvalue weighted by Gasteiger charge is -2.15. The van der Waals surface area contributed by atoms with E-state index in [1.54, 1.807) is 0 Å². The standard InChI is InChI=1S/C22H15NO/c23-15-16-10-12-18(13-11-16)22(17-6-2-1-3-7-17)21-14-19-8-4-5-9-20(19)24-21/h1-14,22H. The van der Waals surface area contributed by atoms with Gasteiger partial charge in [-0.1, -0.05) is 60.7 Å². The van der Waals surface area contributed by atoms with Gasteiger partial charge in [0, 0.05) is 5.39 Å². The molecule has 0 radical (unpaired) electrons. The Hall–Kier alpha value is -3.31. The van der Waals surface area contributed by atoms with Gasteiger partial charge in [0.15, 0.2) is 0 Å². The molecule has 4 rings (SSSR count). The van der Waals surface area contributed by atoms with E-state index in [0.717, 1.165) is 22.3 Å². The van der Waals surface area contributed by atoms with Crippen LogP contribution in [0, 0.1) is 11.3 Å². The summed E-state index contributed by atoms with van der Waals surface area (Å²) in [4.78, 5) is 0. The highest BCUT2D eigenvalue weighted by molar-refractivity contribution is 5.78. The van der Waals surface area contributed by atoms with E-state index in [0.29, 0.717) is 5.56 Å². The zero-order valence-electron chi connectivity index (χ0n) is 13.0. The summed E-state index contributed by atoms with van der Waals surface area (Å²) in [5.41, 5.74) is 3.83. The molecule has 0 aliphatic rings. The third kappa shape index (κ3) is 2.57. The first-order valence-electron chi connectivity index (χ1n) is 7.88. The summed E-state index contributed by atoms with van der Waals surface area (Å²) in [6.07, 6.45) is 0. The summed E-state index contributed by atoms with van der Waals surface area (Å²) in [6, 6.07) is 30.3. The normalized spacial score (nSPS) is 12.0. The molecule has 0 saturated carbocycles. The summed E-state index contributed by atoms with van der Waals surface area (Å²) in [5, 5.41) is 10.1. The molecule has 24 heavy (non-hydrogen) atoms. The molecule has 1 unspecified atom stereocenters. The SMILES string of the molecule is N#Cc1ccc(C(c2ccccc2)c2cc3ccccc3o2)cc1. The molecule has 0 N–H and O–H groups in total. The largest absolute Gasteiger partial charge is 0.460 e. The quantitative estimate of drug-likeness (QED) is 0.502. The molecule has 0 saturated heterocycles. The van der Waals surface area contributed by atoms with Crippen LogP contribution in [0.1, 0.15) is 28.4 Å². The van der Waals surface area contributed by atoms with Crippen molar-refractivity contribution in [2.75, 3.05) is 0 Å². The minimum atomic E-state index is 0.00587. The van der Waals surface area contributed by atoms with Gasteiger partial charge in [0.05, 0.1) is 17.6 Å². The molecule has 2 nitrogen and oxygen atoms in total. The number of fused-ring (bicyclic) bond motifs is 1. The van der Waals surface area contributed by atoms with E-state index < -0.39 is 0 Å². The highest BCUT2D eigenvalue weighted by Crippen LogP contribution is 2.35. The fourth-order valence-electron chi connectivity index (χ4n) is 3.06. The molecule has 0 aliphatic heterocycles. The first-order valence-corrected chi connectivity index (χ1v) is 7.88. The van der Waals surface area contributed by atoms with Gasteiger partial charge >= 0.3 is 0 Å². The number of benzene rings is 3. The summed E-state index contributed by atoms with van der Waals surface area (Å²) in [6.45, 7) is 0. The Morgan fingerprint density at radius 1 is 0.750 bits per heavy atom. The molecule has 1 aromatic heterocycles. The van der Waals surface area contributed by atoms with Crippen molar-refractivity contribution in [1.29, 1.82) is 5.26 Å². The van der Waals surface area contributed by atoms with Crippen molar-refractivity contribution in [1.82, 2.24) is 0 Å². The van der Waals surface area contributed by atoms with Gasteiger partial charge in [-0.25, -0.2) is 0 Å². The van der Waals surface area contributed by atoms with Crippen LogP contribution in [0.25, 0.3) is 11.0 Å². The molecule has 114 valence electrons. The van der Waals surface area contributed by atoms with Crippen molar-refractivity contribution in [3.8, 4) is 6.07 Å². The molecule has 4 aromatic rings. The molecule has 1 heterocycles. The van der Waals surface area contributed by atoms with Crippen LogP contribution in [-0.2, 0) is 0 Å². The number of nitrogens with zero attached hydrogens (tertiary/aromatic N) is 1. The second-order valence-electron chi connectivity index (χ2n) is 5.76. The van der Waals surface area contributed by atoms with Crippen LogP contribution in [0.3, 0.4) is 0 Å². The van der Waals surface area contributed by atoms with E-state index in [4.69, 9.17) is 9.68 Å². The van der Waals surface area contributed by atoms with Gasteiger partial charge < -0.3 is 4.42 Å². The summed E-state index contributed by atoms with van der Waals surface area (Å²) in [7, 11) is 0. The van der Waals surface area contributed by atoms with Crippen molar-refractivity contribution < 1.29 is 4.42 Å². The maximum absolute atomic E-state index is 9.03. The third-order valence-electron chi connectivity index (χ3n) is 4.24. The Morgan fingerprint density at radius 3 is 2.12 bits per heavy atom. The molecular weight excluding hydrogens is 294 g/mol. The minimum Gasteiger partial charge on any atom is -0.460 e. The second kappa shape index (κ2) is 6.06. The first kappa shape index (κ1) is 14.3. The number of hydrogen-bond acceptors (Lipinski definition) is 2. The van der Waals surface area contributed by atoms with E-state index in [2.05, 4.69) is 30.3 Å². The Bertz CT molecular complexity index is 974. The lowest BCUT2D eigenvalue weighted by molar-refractivity contribution is 0.541. The van der Waals surface area contributed by atoms with Gasteiger partial charge in [0.1, 0.15) is 11.3 Å². The van der Waals surface area contributed by atoms with Crippen LogP contribution < -0.4 is 0 Å². The van der Waals surface area contributed by atoms with Crippen molar-refractivity contribution in [3.63, 3.8) is 0 Å². The molecule has 0 aliphatic carbocycles. The summed E-state index contributed by atoms with van der Waals surface area (Å²) >= 11 is 0. The predicted octanol–water partition coefficient (Wildman–Crippen LogP) is 5.48. The van der Waals surface area contributed by atoms with E-state index in [1.165, 1.54) is 5.56 Å². The van der Waals surface area contributed by atoms with Crippen LogP contribution >= 0.6 is 0 Å². The number of nitriles is 1.